The number of aryl methyl sites for hydroxylation is 1. The van der Waals surface area contributed by atoms with Crippen molar-refractivity contribution in [2.45, 2.75) is 25.8 Å². The molecule has 0 bridgehead atoms. The van der Waals surface area contributed by atoms with Crippen molar-refractivity contribution < 1.29 is 4.92 Å². The summed E-state index contributed by atoms with van der Waals surface area (Å²) in [6.45, 7) is 3.37. The van der Waals surface area contributed by atoms with E-state index in [9.17, 15) is 19.7 Å². The molecule has 0 saturated carbocycles. The third-order valence-corrected chi connectivity index (χ3v) is 3.26. The number of aromatic nitrogens is 2. The average Bonchev–Trinajstić information content (AvgIpc) is 2.84. The molecule has 0 aliphatic carbocycles. The highest BCUT2D eigenvalue weighted by molar-refractivity contribution is 5.20. The first kappa shape index (κ1) is 13.5. The lowest BCUT2D eigenvalue weighted by Crippen LogP contribution is -2.32. The Kier molecular flexibility index (Phi) is 4.10. The number of likely N-dealkylation sites (tertiary alicyclic amines) is 1. The highest BCUT2D eigenvalue weighted by Crippen LogP contribution is 2.08. The molecule has 1 N–H and O–H groups in total. The van der Waals surface area contributed by atoms with Gasteiger partial charge in [0, 0.05) is 6.54 Å². The molecule has 104 valence electrons. The highest BCUT2D eigenvalue weighted by atomic mass is 16.6. The second-order valence-electron chi connectivity index (χ2n) is 4.63. The van der Waals surface area contributed by atoms with Gasteiger partial charge in [0.05, 0.1) is 11.1 Å². The van der Waals surface area contributed by atoms with Crippen molar-refractivity contribution in [3.8, 4) is 0 Å². The maximum Gasteiger partial charge on any atom is 0.350 e. The van der Waals surface area contributed by atoms with E-state index >= 15 is 0 Å². The minimum Gasteiger partial charge on any atom is -0.303 e. The third kappa shape index (κ3) is 3.28. The summed E-state index contributed by atoms with van der Waals surface area (Å²) in [6, 6.07) is 0. The molecule has 0 atom stereocenters. The Balaban J connectivity index is 2.03. The molecule has 1 aromatic rings. The van der Waals surface area contributed by atoms with E-state index in [2.05, 4.69) is 4.90 Å². The molecule has 0 unspecified atom stereocenters. The van der Waals surface area contributed by atoms with Crippen LogP contribution in [0.15, 0.2) is 15.8 Å². The third-order valence-electron chi connectivity index (χ3n) is 3.26. The molecule has 1 saturated heterocycles. The van der Waals surface area contributed by atoms with Gasteiger partial charge in [0.2, 0.25) is 0 Å². The molecule has 0 radical (unpaired) electrons. The molecule has 1 aromatic heterocycles. The van der Waals surface area contributed by atoms with E-state index in [1.54, 1.807) is 0 Å². The predicted octanol–water partition coefficient (Wildman–Crippen LogP) is -0.0693. The second-order valence-corrected chi connectivity index (χ2v) is 4.63. The maximum atomic E-state index is 11.5. The highest BCUT2D eigenvalue weighted by Gasteiger charge is 2.15. The van der Waals surface area contributed by atoms with Crippen molar-refractivity contribution in [2.75, 3.05) is 19.6 Å². The van der Waals surface area contributed by atoms with E-state index < -0.39 is 21.9 Å². The van der Waals surface area contributed by atoms with Gasteiger partial charge >= 0.3 is 16.9 Å². The number of nitrogens with one attached hydrogen (secondary N) is 1. The fraction of sp³-hybridized carbons (Fsp3) is 0.636. The van der Waals surface area contributed by atoms with Crippen molar-refractivity contribution in [3.05, 3.63) is 37.1 Å². The van der Waals surface area contributed by atoms with Gasteiger partial charge in [-0.05, 0) is 38.9 Å². The molecule has 1 aliphatic rings. The maximum absolute atomic E-state index is 11.5. The molecule has 0 spiro atoms. The zero-order chi connectivity index (χ0) is 13.8. The van der Waals surface area contributed by atoms with E-state index in [4.69, 9.17) is 0 Å². The van der Waals surface area contributed by atoms with Gasteiger partial charge in [-0.1, -0.05) is 0 Å². The zero-order valence-corrected chi connectivity index (χ0v) is 10.5. The molecule has 19 heavy (non-hydrogen) atoms. The lowest BCUT2D eigenvalue weighted by atomic mass is 10.4. The smallest absolute Gasteiger partial charge is 0.303 e. The largest absolute Gasteiger partial charge is 0.350 e. The van der Waals surface area contributed by atoms with Crippen LogP contribution in [-0.2, 0) is 6.54 Å². The summed E-state index contributed by atoms with van der Waals surface area (Å²) in [5.74, 6) is 0. The Bertz CT molecular complexity index is 571. The number of nitrogens with zero attached hydrogens (tertiary/aromatic N) is 3. The summed E-state index contributed by atoms with van der Waals surface area (Å²) in [4.78, 5) is 36.8. The standard InChI is InChI=1S/C11H16N4O4/c16-10-9(15(18)19)8-14(11(17)12-10)7-3-6-13-4-1-2-5-13/h8H,1-7H2,(H,12,16,17). The molecular formula is C11H16N4O4. The van der Waals surface area contributed by atoms with Gasteiger partial charge in [-0.2, -0.15) is 0 Å². The number of hydrogen-bond acceptors (Lipinski definition) is 5. The number of hydrogen-bond donors (Lipinski definition) is 1. The van der Waals surface area contributed by atoms with Crippen molar-refractivity contribution in [2.24, 2.45) is 0 Å². The Morgan fingerprint density at radius 2 is 1.95 bits per heavy atom. The SMILES string of the molecule is O=c1[nH]c(=O)n(CCCN2CCCC2)cc1[N+](=O)[O-]. The van der Waals surface area contributed by atoms with Gasteiger partial charge in [-0.3, -0.25) is 24.5 Å². The fourth-order valence-electron chi connectivity index (χ4n) is 2.26. The lowest BCUT2D eigenvalue weighted by Gasteiger charge is -2.14. The normalized spacial score (nSPS) is 15.8. The number of H-pyrrole nitrogens is 1. The molecule has 8 nitrogen and oxygen atoms in total. The topological polar surface area (TPSA) is 101 Å². The van der Waals surface area contributed by atoms with Crippen LogP contribution < -0.4 is 11.2 Å². The van der Waals surface area contributed by atoms with Crippen LogP contribution >= 0.6 is 0 Å². The van der Waals surface area contributed by atoms with Gasteiger partial charge in [-0.25, -0.2) is 4.79 Å². The first-order valence-corrected chi connectivity index (χ1v) is 6.28. The van der Waals surface area contributed by atoms with Gasteiger partial charge in [0.25, 0.3) is 0 Å². The van der Waals surface area contributed by atoms with Gasteiger partial charge < -0.3 is 4.90 Å². The molecule has 2 rings (SSSR count). The van der Waals surface area contributed by atoms with Crippen LogP contribution in [0.3, 0.4) is 0 Å². The molecule has 8 heteroatoms. The van der Waals surface area contributed by atoms with Crippen LogP contribution in [0.1, 0.15) is 19.3 Å². The average molecular weight is 268 g/mol. The van der Waals surface area contributed by atoms with Crippen LogP contribution in [0.4, 0.5) is 5.69 Å². The molecule has 0 amide bonds. The molecule has 1 aliphatic heterocycles. The summed E-state index contributed by atoms with van der Waals surface area (Å²) < 4.78 is 1.19. The summed E-state index contributed by atoms with van der Waals surface area (Å²) in [6.07, 6.45) is 4.14. The van der Waals surface area contributed by atoms with Crippen LogP contribution in [0, 0.1) is 10.1 Å². The van der Waals surface area contributed by atoms with Crippen molar-refractivity contribution in [1.82, 2.24) is 14.5 Å². The Hall–Kier alpha value is -1.96. The Morgan fingerprint density at radius 3 is 2.58 bits per heavy atom. The van der Waals surface area contributed by atoms with E-state index in [0.717, 1.165) is 32.3 Å². The number of rotatable bonds is 5. The minimum atomic E-state index is -0.953. The monoisotopic (exact) mass is 268 g/mol. The summed E-state index contributed by atoms with van der Waals surface area (Å²) in [5, 5.41) is 10.6. The van der Waals surface area contributed by atoms with Crippen LogP contribution in [-0.4, -0.2) is 39.0 Å². The zero-order valence-electron chi connectivity index (χ0n) is 10.5. The Morgan fingerprint density at radius 1 is 1.26 bits per heavy atom. The number of nitro groups is 1. The lowest BCUT2D eigenvalue weighted by molar-refractivity contribution is -0.386. The molecule has 0 aromatic carbocycles. The van der Waals surface area contributed by atoms with Crippen molar-refractivity contribution in [1.29, 1.82) is 0 Å². The summed E-state index contributed by atoms with van der Waals surface area (Å²) in [5.41, 5.74) is -2.15. The van der Waals surface area contributed by atoms with Crippen LogP contribution in [0.2, 0.25) is 0 Å². The fourth-order valence-corrected chi connectivity index (χ4v) is 2.26. The summed E-state index contributed by atoms with van der Waals surface area (Å²) in [7, 11) is 0. The van der Waals surface area contributed by atoms with Crippen LogP contribution in [0.5, 0.6) is 0 Å². The molecule has 1 fully saturated rings. The van der Waals surface area contributed by atoms with Crippen LogP contribution in [0.25, 0.3) is 0 Å². The van der Waals surface area contributed by atoms with E-state index in [1.165, 1.54) is 17.4 Å². The predicted molar refractivity (Wildman–Crippen MR) is 68.3 cm³/mol. The van der Waals surface area contributed by atoms with Gasteiger partial charge in [0.15, 0.2) is 0 Å². The Labute approximate surface area is 108 Å². The van der Waals surface area contributed by atoms with Crippen molar-refractivity contribution in [3.63, 3.8) is 0 Å². The van der Waals surface area contributed by atoms with E-state index in [0.29, 0.717) is 6.54 Å². The van der Waals surface area contributed by atoms with Gasteiger partial charge in [-0.15, -0.1) is 0 Å². The van der Waals surface area contributed by atoms with E-state index in [-0.39, 0.29) is 0 Å². The first-order chi connectivity index (χ1) is 9.08. The minimum absolute atomic E-state index is 0.368. The quantitative estimate of drug-likeness (QED) is 0.595. The first-order valence-electron chi connectivity index (χ1n) is 6.28. The van der Waals surface area contributed by atoms with Crippen molar-refractivity contribution >= 4 is 5.69 Å². The molecular weight excluding hydrogens is 252 g/mol. The molecule has 2 heterocycles. The van der Waals surface area contributed by atoms with Gasteiger partial charge in [0.1, 0.15) is 0 Å². The van der Waals surface area contributed by atoms with E-state index in [1.807, 2.05) is 4.98 Å². The number of aromatic amines is 1. The summed E-state index contributed by atoms with van der Waals surface area (Å²) >= 11 is 0. The second kappa shape index (κ2) is 5.79.